The Labute approximate surface area is 92.5 Å². The second-order valence-corrected chi connectivity index (χ2v) is 4.61. The molecule has 3 nitrogen and oxygen atoms in total. The van der Waals surface area contributed by atoms with E-state index >= 15 is 0 Å². The van der Waals surface area contributed by atoms with Crippen molar-refractivity contribution in [2.24, 2.45) is 0 Å². The molecule has 1 aromatic rings. The summed E-state index contributed by atoms with van der Waals surface area (Å²) in [6, 6.07) is 3.61. The van der Waals surface area contributed by atoms with Crippen LogP contribution in [0, 0.1) is 0 Å². The molecule has 1 heterocycles. The van der Waals surface area contributed by atoms with Gasteiger partial charge in [0.2, 0.25) is 0 Å². The van der Waals surface area contributed by atoms with Crippen LogP contribution >= 0.6 is 22.9 Å². The molecule has 0 bridgehead atoms. The second-order valence-electron chi connectivity index (χ2n) is 2.82. The molecule has 5 heteroatoms. The lowest BCUT2D eigenvalue weighted by Crippen LogP contribution is -2.35. The quantitative estimate of drug-likeness (QED) is 0.823. The fourth-order valence-corrected chi connectivity index (χ4v) is 1.94. The lowest BCUT2D eigenvalue weighted by atomic mass is 10.4. The summed E-state index contributed by atoms with van der Waals surface area (Å²) in [6.07, 6.45) is 0.943. The first-order valence-corrected chi connectivity index (χ1v) is 5.67. The zero-order valence-corrected chi connectivity index (χ0v) is 9.54. The average Bonchev–Trinajstić information content (AvgIpc) is 2.58. The van der Waals surface area contributed by atoms with Crippen molar-refractivity contribution in [2.75, 3.05) is 6.54 Å². The van der Waals surface area contributed by atoms with Crippen molar-refractivity contribution in [1.82, 2.24) is 10.6 Å². The molecule has 0 aliphatic heterocycles. The van der Waals surface area contributed by atoms with Gasteiger partial charge >= 0.3 is 6.03 Å². The first kappa shape index (κ1) is 11.3. The van der Waals surface area contributed by atoms with Gasteiger partial charge in [0.05, 0.1) is 10.9 Å². The fraction of sp³-hybridized carbons (Fsp3) is 0.444. The van der Waals surface area contributed by atoms with Crippen LogP contribution in [0.15, 0.2) is 12.1 Å². The number of hydrogen-bond acceptors (Lipinski definition) is 2. The van der Waals surface area contributed by atoms with Gasteiger partial charge in [0.15, 0.2) is 0 Å². The minimum atomic E-state index is -0.128. The molecular formula is C9H13ClN2OS. The van der Waals surface area contributed by atoms with Gasteiger partial charge in [0.1, 0.15) is 0 Å². The molecule has 14 heavy (non-hydrogen) atoms. The molecule has 2 amide bonds. The van der Waals surface area contributed by atoms with E-state index in [9.17, 15) is 4.79 Å². The number of amides is 2. The van der Waals surface area contributed by atoms with Crippen molar-refractivity contribution in [2.45, 2.75) is 19.9 Å². The summed E-state index contributed by atoms with van der Waals surface area (Å²) in [5, 5.41) is 5.48. The van der Waals surface area contributed by atoms with Gasteiger partial charge < -0.3 is 10.6 Å². The highest BCUT2D eigenvalue weighted by Crippen LogP contribution is 2.20. The summed E-state index contributed by atoms with van der Waals surface area (Å²) >= 11 is 7.23. The molecule has 0 unspecified atom stereocenters. The standard InChI is InChI=1S/C9H13ClN2OS/c1-2-5-11-9(13)12-6-7-3-4-8(10)14-7/h3-4H,2,5-6H2,1H3,(H2,11,12,13). The lowest BCUT2D eigenvalue weighted by molar-refractivity contribution is 0.240. The van der Waals surface area contributed by atoms with Crippen LogP contribution in [0.1, 0.15) is 18.2 Å². The minimum absolute atomic E-state index is 0.128. The smallest absolute Gasteiger partial charge is 0.315 e. The third-order valence-electron chi connectivity index (χ3n) is 1.59. The number of thiophene rings is 1. The Kier molecular flexibility index (Phi) is 4.76. The molecule has 1 aromatic heterocycles. The molecule has 2 N–H and O–H groups in total. The van der Waals surface area contributed by atoms with Gasteiger partial charge in [0.25, 0.3) is 0 Å². The Balaban J connectivity index is 2.23. The Morgan fingerprint density at radius 3 is 2.86 bits per heavy atom. The molecule has 1 rings (SSSR count). The molecule has 0 radical (unpaired) electrons. The van der Waals surface area contributed by atoms with Crippen molar-refractivity contribution in [3.05, 3.63) is 21.3 Å². The SMILES string of the molecule is CCCNC(=O)NCc1ccc(Cl)s1. The number of rotatable bonds is 4. The van der Waals surface area contributed by atoms with E-state index in [1.165, 1.54) is 11.3 Å². The number of halogens is 1. The van der Waals surface area contributed by atoms with Crippen LogP contribution in [0.25, 0.3) is 0 Å². The van der Waals surface area contributed by atoms with Gasteiger partial charge in [-0.15, -0.1) is 11.3 Å². The van der Waals surface area contributed by atoms with Crippen LogP contribution < -0.4 is 10.6 Å². The van der Waals surface area contributed by atoms with E-state index in [2.05, 4.69) is 10.6 Å². The molecule has 0 aliphatic rings. The van der Waals surface area contributed by atoms with Gasteiger partial charge in [-0.05, 0) is 18.6 Å². The summed E-state index contributed by atoms with van der Waals surface area (Å²) in [7, 11) is 0. The highest BCUT2D eigenvalue weighted by atomic mass is 35.5. The average molecular weight is 233 g/mol. The van der Waals surface area contributed by atoms with E-state index in [0.29, 0.717) is 13.1 Å². The van der Waals surface area contributed by atoms with Crippen molar-refractivity contribution >= 4 is 29.0 Å². The van der Waals surface area contributed by atoms with Gasteiger partial charge in [0, 0.05) is 11.4 Å². The zero-order valence-electron chi connectivity index (χ0n) is 7.97. The summed E-state index contributed by atoms with van der Waals surface area (Å²) in [6.45, 7) is 3.25. The second kappa shape index (κ2) is 5.88. The van der Waals surface area contributed by atoms with E-state index in [1.54, 1.807) is 0 Å². The van der Waals surface area contributed by atoms with Crippen molar-refractivity contribution in [3.63, 3.8) is 0 Å². The Bertz CT molecular complexity index is 301. The summed E-state index contributed by atoms with van der Waals surface area (Å²) < 4.78 is 0.746. The Hall–Kier alpha value is -0.740. The topological polar surface area (TPSA) is 41.1 Å². The molecule has 0 aromatic carbocycles. The summed E-state index contributed by atoms with van der Waals surface area (Å²) in [4.78, 5) is 12.2. The molecule has 78 valence electrons. The maximum Gasteiger partial charge on any atom is 0.315 e. The minimum Gasteiger partial charge on any atom is -0.338 e. The van der Waals surface area contributed by atoms with Crippen molar-refractivity contribution in [1.29, 1.82) is 0 Å². The first-order chi connectivity index (χ1) is 6.72. The van der Waals surface area contributed by atoms with Gasteiger partial charge in [-0.3, -0.25) is 0 Å². The molecule has 0 aliphatic carbocycles. The van der Waals surface area contributed by atoms with Crippen LogP contribution in [0.3, 0.4) is 0 Å². The molecule has 0 saturated heterocycles. The van der Waals surface area contributed by atoms with Crippen molar-refractivity contribution < 1.29 is 4.79 Å². The number of nitrogens with one attached hydrogen (secondary N) is 2. The van der Waals surface area contributed by atoms with E-state index in [-0.39, 0.29) is 6.03 Å². The van der Waals surface area contributed by atoms with Crippen LogP contribution in [-0.2, 0) is 6.54 Å². The van der Waals surface area contributed by atoms with E-state index in [4.69, 9.17) is 11.6 Å². The number of urea groups is 1. The Morgan fingerprint density at radius 1 is 1.50 bits per heavy atom. The number of carbonyl (C=O) groups excluding carboxylic acids is 1. The highest BCUT2D eigenvalue weighted by Gasteiger charge is 2.00. The maximum atomic E-state index is 11.1. The lowest BCUT2D eigenvalue weighted by Gasteiger charge is -2.04. The molecule has 0 atom stereocenters. The van der Waals surface area contributed by atoms with Crippen molar-refractivity contribution in [3.8, 4) is 0 Å². The molecular weight excluding hydrogens is 220 g/mol. The third kappa shape index (κ3) is 3.98. The summed E-state index contributed by atoms with van der Waals surface area (Å²) in [5.41, 5.74) is 0. The summed E-state index contributed by atoms with van der Waals surface area (Å²) in [5.74, 6) is 0. The Morgan fingerprint density at radius 2 is 2.29 bits per heavy atom. The first-order valence-electron chi connectivity index (χ1n) is 4.48. The fourth-order valence-electron chi connectivity index (χ4n) is 0.915. The predicted molar refractivity (Wildman–Crippen MR) is 59.9 cm³/mol. The number of hydrogen-bond donors (Lipinski definition) is 2. The highest BCUT2D eigenvalue weighted by molar-refractivity contribution is 7.16. The van der Waals surface area contributed by atoms with Crippen LogP contribution in [0.5, 0.6) is 0 Å². The van der Waals surface area contributed by atoms with Gasteiger partial charge in [-0.25, -0.2) is 4.79 Å². The molecule has 0 saturated carbocycles. The predicted octanol–water partition coefficient (Wildman–Crippen LogP) is 2.61. The van der Waals surface area contributed by atoms with Crippen LogP contribution in [-0.4, -0.2) is 12.6 Å². The van der Waals surface area contributed by atoms with Crippen LogP contribution in [0.4, 0.5) is 4.79 Å². The number of carbonyl (C=O) groups is 1. The maximum absolute atomic E-state index is 11.1. The van der Waals surface area contributed by atoms with Gasteiger partial charge in [-0.1, -0.05) is 18.5 Å². The zero-order chi connectivity index (χ0) is 10.4. The van der Waals surface area contributed by atoms with E-state index in [1.807, 2.05) is 19.1 Å². The monoisotopic (exact) mass is 232 g/mol. The van der Waals surface area contributed by atoms with Gasteiger partial charge in [-0.2, -0.15) is 0 Å². The molecule has 0 spiro atoms. The molecule has 0 fully saturated rings. The third-order valence-corrected chi connectivity index (χ3v) is 2.82. The van der Waals surface area contributed by atoms with E-state index < -0.39 is 0 Å². The largest absolute Gasteiger partial charge is 0.338 e. The van der Waals surface area contributed by atoms with Crippen LogP contribution in [0.2, 0.25) is 4.34 Å². The van der Waals surface area contributed by atoms with E-state index in [0.717, 1.165) is 15.6 Å². The normalized spacial score (nSPS) is 9.86.